The molecule has 0 aromatic heterocycles. The van der Waals surface area contributed by atoms with Crippen LogP contribution in [0.25, 0.3) is 0 Å². The van der Waals surface area contributed by atoms with Crippen LogP contribution in [0.4, 0.5) is 0 Å². The van der Waals surface area contributed by atoms with Gasteiger partial charge in [0.15, 0.2) is 0 Å². The van der Waals surface area contributed by atoms with Crippen molar-refractivity contribution >= 4 is 17.7 Å². The Labute approximate surface area is 126 Å². The number of unbranched alkanes of at least 4 members (excludes halogenated alkanes) is 1. The molecule has 1 aromatic carbocycles. The number of nitrogens with one attached hydrogen (secondary N) is 1. The maximum atomic E-state index is 12.1. The van der Waals surface area contributed by atoms with Crippen molar-refractivity contribution in [2.45, 2.75) is 38.0 Å². The highest BCUT2D eigenvalue weighted by atomic mass is 32.2. The van der Waals surface area contributed by atoms with Crippen LogP contribution in [0.2, 0.25) is 0 Å². The van der Waals surface area contributed by atoms with E-state index in [1.54, 1.807) is 11.8 Å². The molecule has 0 bridgehead atoms. The van der Waals surface area contributed by atoms with E-state index < -0.39 is 0 Å². The van der Waals surface area contributed by atoms with Gasteiger partial charge in [-0.05, 0) is 43.7 Å². The molecule has 0 radical (unpaired) electrons. The van der Waals surface area contributed by atoms with Crippen molar-refractivity contribution < 1.29 is 9.53 Å². The summed E-state index contributed by atoms with van der Waals surface area (Å²) >= 11 is 1.65. The van der Waals surface area contributed by atoms with Crippen LogP contribution in [0, 0.1) is 6.92 Å². The van der Waals surface area contributed by atoms with Gasteiger partial charge in [-0.2, -0.15) is 0 Å². The van der Waals surface area contributed by atoms with Gasteiger partial charge < -0.3 is 10.1 Å². The highest BCUT2D eigenvalue weighted by molar-refractivity contribution is 7.98. The fourth-order valence-corrected chi connectivity index (χ4v) is 2.23. The molecule has 0 saturated heterocycles. The quantitative estimate of drug-likeness (QED) is 0.558. The molecule has 1 amide bonds. The third-order valence-electron chi connectivity index (χ3n) is 3.08. The van der Waals surface area contributed by atoms with E-state index in [1.165, 1.54) is 0 Å². The molecule has 0 atom stereocenters. The summed E-state index contributed by atoms with van der Waals surface area (Å²) in [7, 11) is 0. The number of ether oxygens (including phenoxy) is 1. The van der Waals surface area contributed by atoms with Crippen molar-refractivity contribution in [1.29, 1.82) is 0 Å². The monoisotopic (exact) mass is 295 g/mol. The summed E-state index contributed by atoms with van der Waals surface area (Å²) in [5.41, 5.74) is 1.78. The molecular weight excluding hydrogens is 270 g/mol. The van der Waals surface area contributed by atoms with Crippen molar-refractivity contribution in [2.24, 2.45) is 0 Å². The van der Waals surface area contributed by atoms with Crippen LogP contribution < -0.4 is 5.32 Å². The summed E-state index contributed by atoms with van der Waals surface area (Å²) in [6, 6.07) is 5.99. The Morgan fingerprint density at radius 3 is 2.75 bits per heavy atom. The molecule has 3 nitrogen and oxygen atoms in total. The third-order valence-corrected chi connectivity index (χ3v) is 3.81. The van der Waals surface area contributed by atoms with Crippen molar-refractivity contribution in [3.63, 3.8) is 0 Å². The minimum Gasteiger partial charge on any atom is -0.381 e. The van der Waals surface area contributed by atoms with Crippen molar-refractivity contribution in [3.8, 4) is 0 Å². The number of benzene rings is 1. The Hall–Kier alpha value is -1.00. The minimum atomic E-state index is 0.00644. The Kier molecular flexibility index (Phi) is 8.38. The lowest BCUT2D eigenvalue weighted by molar-refractivity contribution is 0.0939. The molecule has 0 aliphatic heterocycles. The first-order chi connectivity index (χ1) is 9.69. The van der Waals surface area contributed by atoms with Crippen LogP contribution in [0.15, 0.2) is 23.1 Å². The normalized spacial score (nSPS) is 10.6. The zero-order valence-corrected chi connectivity index (χ0v) is 13.5. The minimum absolute atomic E-state index is 0.00644. The largest absolute Gasteiger partial charge is 0.381 e. The van der Waals surface area contributed by atoms with E-state index in [0.717, 1.165) is 41.9 Å². The zero-order chi connectivity index (χ0) is 14.8. The molecule has 0 fully saturated rings. The topological polar surface area (TPSA) is 38.3 Å². The van der Waals surface area contributed by atoms with Gasteiger partial charge in [-0.25, -0.2) is 0 Å². The van der Waals surface area contributed by atoms with E-state index in [0.29, 0.717) is 13.2 Å². The van der Waals surface area contributed by atoms with Gasteiger partial charge in [-0.3, -0.25) is 4.79 Å². The van der Waals surface area contributed by atoms with E-state index >= 15 is 0 Å². The SMILES string of the molecule is CCCCOCCCNC(=O)c1cc(SC)ccc1C. The van der Waals surface area contributed by atoms with Gasteiger partial charge in [0.1, 0.15) is 0 Å². The first-order valence-electron chi connectivity index (χ1n) is 7.19. The molecular formula is C16H25NO2S. The fraction of sp³-hybridized carbons (Fsp3) is 0.562. The van der Waals surface area contributed by atoms with Crippen molar-refractivity contribution in [1.82, 2.24) is 5.32 Å². The number of hydrogen-bond acceptors (Lipinski definition) is 3. The molecule has 20 heavy (non-hydrogen) atoms. The van der Waals surface area contributed by atoms with Gasteiger partial charge in [0.2, 0.25) is 0 Å². The first kappa shape index (κ1) is 17.1. The van der Waals surface area contributed by atoms with Crippen LogP contribution in [-0.2, 0) is 4.74 Å². The lowest BCUT2D eigenvalue weighted by atomic mass is 10.1. The summed E-state index contributed by atoms with van der Waals surface area (Å²) in [4.78, 5) is 13.2. The van der Waals surface area contributed by atoms with E-state index in [-0.39, 0.29) is 5.91 Å². The molecule has 1 rings (SSSR count). The smallest absolute Gasteiger partial charge is 0.251 e. The Morgan fingerprint density at radius 2 is 2.05 bits per heavy atom. The summed E-state index contributed by atoms with van der Waals surface area (Å²) in [5.74, 6) is 0.00644. The second kappa shape index (κ2) is 9.83. The molecule has 112 valence electrons. The second-order valence-electron chi connectivity index (χ2n) is 4.76. The molecule has 0 saturated carbocycles. The zero-order valence-electron chi connectivity index (χ0n) is 12.7. The van der Waals surface area contributed by atoms with Crippen molar-refractivity contribution in [2.75, 3.05) is 26.0 Å². The summed E-state index contributed by atoms with van der Waals surface area (Å²) in [5, 5.41) is 2.95. The molecule has 1 aromatic rings. The van der Waals surface area contributed by atoms with E-state index in [2.05, 4.69) is 12.2 Å². The van der Waals surface area contributed by atoms with Crippen molar-refractivity contribution in [3.05, 3.63) is 29.3 Å². The number of carbonyl (C=O) groups excluding carboxylic acids is 1. The van der Waals surface area contributed by atoms with E-state index in [1.807, 2.05) is 31.4 Å². The van der Waals surface area contributed by atoms with Crippen LogP contribution in [-0.4, -0.2) is 31.9 Å². The van der Waals surface area contributed by atoms with Gasteiger partial charge in [-0.15, -0.1) is 11.8 Å². The number of thioether (sulfide) groups is 1. The Bertz CT molecular complexity index is 421. The molecule has 0 spiro atoms. The number of carbonyl (C=O) groups is 1. The molecule has 0 aliphatic rings. The number of hydrogen-bond donors (Lipinski definition) is 1. The number of amides is 1. The average molecular weight is 295 g/mol. The van der Waals surface area contributed by atoms with Gasteiger partial charge in [0.05, 0.1) is 0 Å². The number of aryl methyl sites for hydroxylation is 1. The highest BCUT2D eigenvalue weighted by Crippen LogP contribution is 2.18. The van der Waals surface area contributed by atoms with Crippen LogP contribution in [0.3, 0.4) is 0 Å². The molecule has 1 N–H and O–H groups in total. The summed E-state index contributed by atoms with van der Waals surface area (Å²) in [6.07, 6.45) is 5.13. The lowest BCUT2D eigenvalue weighted by Gasteiger charge is -2.09. The van der Waals surface area contributed by atoms with Gasteiger partial charge in [-0.1, -0.05) is 19.4 Å². The average Bonchev–Trinajstić information content (AvgIpc) is 2.46. The lowest BCUT2D eigenvalue weighted by Crippen LogP contribution is -2.26. The fourth-order valence-electron chi connectivity index (χ4n) is 1.79. The van der Waals surface area contributed by atoms with E-state index in [4.69, 9.17) is 4.74 Å². The van der Waals surface area contributed by atoms with Gasteiger partial charge in [0, 0.05) is 30.2 Å². The van der Waals surface area contributed by atoms with E-state index in [9.17, 15) is 4.79 Å². The van der Waals surface area contributed by atoms with Gasteiger partial charge >= 0.3 is 0 Å². The van der Waals surface area contributed by atoms with Crippen LogP contribution in [0.1, 0.15) is 42.1 Å². The van der Waals surface area contributed by atoms with Gasteiger partial charge in [0.25, 0.3) is 5.91 Å². The Morgan fingerprint density at radius 1 is 1.30 bits per heavy atom. The summed E-state index contributed by atoms with van der Waals surface area (Å²) in [6.45, 7) is 6.30. The molecule has 0 heterocycles. The highest BCUT2D eigenvalue weighted by Gasteiger charge is 2.09. The second-order valence-corrected chi connectivity index (χ2v) is 5.64. The first-order valence-corrected chi connectivity index (χ1v) is 8.42. The predicted octanol–water partition coefficient (Wildman–Crippen LogP) is 3.65. The summed E-state index contributed by atoms with van der Waals surface area (Å²) < 4.78 is 5.47. The predicted molar refractivity (Wildman–Crippen MR) is 85.6 cm³/mol. The Balaban J connectivity index is 2.32. The number of rotatable bonds is 9. The maximum Gasteiger partial charge on any atom is 0.251 e. The standard InChI is InChI=1S/C16H25NO2S/c1-4-5-10-19-11-6-9-17-16(18)15-12-14(20-3)8-7-13(15)2/h7-8,12H,4-6,9-11H2,1-3H3,(H,17,18). The van der Waals surface area contributed by atoms with Crippen LogP contribution >= 0.6 is 11.8 Å². The maximum absolute atomic E-state index is 12.1. The molecule has 4 heteroatoms. The molecule has 0 aliphatic carbocycles. The van der Waals surface area contributed by atoms with Crippen LogP contribution in [0.5, 0.6) is 0 Å². The third kappa shape index (κ3) is 5.97. The molecule has 0 unspecified atom stereocenters.